The Bertz CT molecular complexity index is 1160. The van der Waals surface area contributed by atoms with Gasteiger partial charge in [0.25, 0.3) is 0 Å². The van der Waals surface area contributed by atoms with Gasteiger partial charge < -0.3 is 0 Å². The molecule has 0 amide bonds. The third-order valence-corrected chi connectivity index (χ3v) is 7.47. The Morgan fingerprint density at radius 2 is 1.24 bits per heavy atom. The summed E-state index contributed by atoms with van der Waals surface area (Å²) in [6.45, 7) is 23.5. The van der Waals surface area contributed by atoms with Crippen LogP contribution in [0.4, 0.5) is 4.39 Å². The minimum atomic E-state index is -0.101. The van der Waals surface area contributed by atoms with E-state index in [1.807, 2.05) is 30.3 Å². The van der Waals surface area contributed by atoms with Crippen molar-refractivity contribution in [2.24, 2.45) is 11.8 Å². The van der Waals surface area contributed by atoms with Crippen molar-refractivity contribution in [3.05, 3.63) is 99.6 Å². The summed E-state index contributed by atoms with van der Waals surface area (Å²) in [6.07, 6.45) is 7.66. The number of hydrogen-bond donors (Lipinski definition) is 0. The van der Waals surface area contributed by atoms with Crippen molar-refractivity contribution in [3.63, 3.8) is 0 Å². The van der Waals surface area contributed by atoms with Crippen molar-refractivity contribution in [1.82, 2.24) is 4.98 Å². The van der Waals surface area contributed by atoms with Crippen LogP contribution < -0.4 is 0 Å². The zero-order valence-electron chi connectivity index (χ0n) is 27.7. The van der Waals surface area contributed by atoms with Crippen LogP contribution in [-0.2, 0) is 0 Å². The Morgan fingerprint density at radius 1 is 0.738 bits per heavy atom. The van der Waals surface area contributed by atoms with Gasteiger partial charge in [-0.25, -0.2) is 9.37 Å². The molecule has 42 heavy (non-hydrogen) atoms. The average Bonchev–Trinajstić information content (AvgIpc) is 3.76. The maximum absolute atomic E-state index is 12.9. The highest BCUT2D eigenvalue weighted by Gasteiger charge is 2.20. The maximum Gasteiger partial charge on any atom is 0.140 e. The molecule has 232 valence electrons. The zero-order valence-corrected chi connectivity index (χ0v) is 27.7. The number of rotatable bonds is 6. The minimum Gasteiger partial charge on any atom is -0.246 e. The predicted molar refractivity (Wildman–Crippen MR) is 182 cm³/mol. The van der Waals surface area contributed by atoms with Gasteiger partial charge in [-0.15, -0.1) is 0 Å². The lowest BCUT2D eigenvalue weighted by atomic mass is 9.99. The second kappa shape index (κ2) is 20.0. The number of aryl methyl sites for hydroxylation is 3. The van der Waals surface area contributed by atoms with Crippen molar-refractivity contribution in [3.8, 4) is 6.07 Å². The van der Waals surface area contributed by atoms with Crippen LogP contribution in [0.3, 0.4) is 0 Å². The molecule has 1 aliphatic carbocycles. The summed E-state index contributed by atoms with van der Waals surface area (Å²) in [6, 6.07) is 17.9. The largest absolute Gasteiger partial charge is 0.246 e. The van der Waals surface area contributed by atoms with Crippen molar-refractivity contribution in [1.29, 1.82) is 5.26 Å². The first kappa shape index (κ1) is 39.0. The molecule has 0 aliphatic heterocycles. The first-order chi connectivity index (χ1) is 19.2. The van der Waals surface area contributed by atoms with Crippen LogP contribution in [0.25, 0.3) is 0 Å². The molecule has 0 N–H and O–H groups in total. The molecule has 1 heterocycles. The Labute approximate surface area is 258 Å². The lowest BCUT2D eigenvalue weighted by Gasteiger charge is -2.07. The standard InChI is InChI=1S/C11H16.C10H13F.C9H10N2.C8H16.CH4/c1-8(2)11-6-5-9(3)10(4)7-11;1-7(2)9-5-4-8(3)10(11)6-9;1-7(2)8-3-4-11-9(5-8)6-10;1-7(2)3-4-8-5-6-8;/h5-8H,1-4H3;4-7H,1-3H3;3-5,7H,1-2H3;7-8H,3-6H2,1-2H3;1H4. The maximum atomic E-state index is 12.9. The van der Waals surface area contributed by atoms with Crippen LogP contribution in [-0.4, -0.2) is 4.98 Å². The summed E-state index contributed by atoms with van der Waals surface area (Å²) in [5.74, 6) is 3.48. The van der Waals surface area contributed by atoms with Crippen molar-refractivity contribution >= 4 is 0 Å². The number of nitrogens with zero attached hydrogens (tertiary/aromatic N) is 2. The van der Waals surface area contributed by atoms with Crippen molar-refractivity contribution < 1.29 is 4.39 Å². The van der Waals surface area contributed by atoms with Gasteiger partial charge in [-0.1, -0.05) is 119 Å². The summed E-state index contributed by atoms with van der Waals surface area (Å²) in [4.78, 5) is 3.88. The molecule has 3 aromatic rings. The molecule has 1 fully saturated rings. The van der Waals surface area contributed by atoms with Crippen LogP contribution in [0.2, 0.25) is 0 Å². The van der Waals surface area contributed by atoms with E-state index in [0.29, 0.717) is 23.4 Å². The van der Waals surface area contributed by atoms with Gasteiger partial charge >= 0.3 is 0 Å². The van der Waals surface area contributed by atoms with Gasteiger partial charge in [-0.3, -0.25) is 0 Å². The first-order valence-corrected chi connectivity index (χ1v) is 15.4. The van der Waals surface area contributed by atoms with Crippen LogP contribution in [0, 0.1) is 49.8 Å². The Hall–Kier alpha value is -2.99. The van der Waals surface area contributed by atoms with Gasteiger partial charge in [-0.05, 0) is 102 Å². The van der Waals surface area contributed by atoms with Crippen LogP contribution >= 0.6 is 0 Å². The second-order valence-electron chi connectivity index (χ2n) is 12.8. The zero-order chi connectivity index (χ0) is 31.1. The highest BCUT2D eigenvalue weighted by molar-refractivity contribution is 5.31. The van der Waals surface area contributed by atoms with E-state index >= 15 is 0 Å². The van der Waals surface area contributed by atoms with E-state index in [1.165, 1.54) is 42.4 Å². The van der Waals surface area contributed by atoms with Gasteiger partial charge in [-0.2, -0.15) is 5.26 Å². The van der Waals surface area contributed by atoms with Crippen LogP contribution in [0.5, 0.6) is 0 Å². The molecule has 1 aromatic heterocycles. The van der Waals surface area contributed by atoms with Gasteiger partial charge in [0.15, 0.2) is 0 Å². The topological polar surface area (TPSA) is 36.7 Å². The molecule has 0 radical (unpaired) electrons. The van der Waals surface area contributed by atoms with Crippen LogP contribution in [0.15, 0.2) is 54.7 Å². The highest BCUT2D eigenvalue weighted by atomic mass is 19.1. The number of benzene rings is 2. The van der Waals surface area contributed by atoms with E-state index < -0.39 is 0 Å². The molecule has 2 nitrogen and oxygen atoms in total. The summed E-state index contributed by atoms with van der Waals surface area (Å²) in [5.41, 5.74) is 7.66. The van der Waals surface area contributed by atoms with E-state index in [1.54, 1.807) is 19.2 Å². The lowest BCUT2D eigenvalue weighted by Crippen LogP contribution is -1.90. The fraction of sp³-hybridized carbons (Fsp3) is 0.538. The third kappa shape index (κ3) is 15.9. The number of hydrogen-bond acceptors (Lipinski definition) is 2. The van der Waals surface area contributed by atoms with E-state index in [0.717, 1.165) is 28.5 Å². The van der Waals surface area contributed by atoms with E-state index in [4.69, 9.17) is 5.26 Å². The highest BCUT2D eigenvalue weighted by Crippen LogP contribution is 2.34. The fourth-order valence-electron chi connectivity index (χ4n) is 3.93. The van der Waals surface area contributed by atoms with Gasteiger partial charge in [0.2, 0.25) is 0 Å². The predicted octanol–water partition coefficient (Wildman–Crippen LogP) is 12.2. The first-order valence-electron chi connectivity index (χ1n) is 15.4. The molecular weight excluding hydrogens is 515 g/mol. The molecule has 3 heteroatoms. The van der Waals surface area contributed by atoms with Crippen LogP contribution in [0.1, 0.15) is 145 Å². The molecule has 0 unspecified atom stereocenters. The molecule has 4 rings (SSSR count). The Morgan fingerprint density at radius 3 is 1.67 bits per heavy atom. The SMILES string of the molecule is C.CC(C)CCC1CC1.CC(C)c1ccnc(C#N)c1.Cc1ccc(C(C)C)cc1C.Cc1ccc(C(C)C)cc1F. The quantitative estimate of drug-likeness (QED) is 0.293. The molecule has 0 bridgehead atoms. The van der Waals surface area contributed by atoms with E-state index in [2.05, 4.69) is 92.4 Å². The van der Waals surface area contributed by atoms with Crippen molar-refractivity contribution in [2.45, 2.75) is 127 Å². The summed E-state index contributed by atoms with van der Waals surface area (Å²) in [7, 11) is 0. The lowest BCUT2D eigenvalue weighted by molar-refractivity contribution is 0.528. The molecule has 0 saturated heterocycles. The normalized spacial score (nSPS) is 11.9. The molecule has 1 aliphatic rings. The summed E-state index contributed by atoms with van der Waals surface area (Å²) >= 11 is 0. The van der Waals surface area contributed by atoms with Gasteiger partial charge in [0.05, 0.1) is 0 Å². The second-order valence-corrected chi connectivity index (χ2v) is 12.8. The molecule has 0 atom stereocenters. The van der Waals surface area contributed by atoms with E-state index in [-0.39, 0.29) is 13.2 Å². The fourth-order valence-corrected chi connectivity index (χ4v) is 3.93. The van der Waals surface area contributed by atoms with Gasteiger partial charge in [0.1, 0.15) is 17.6 Å². The summed E-state index contributed by atoms with van der Waals surface area (Å²) in [5, 5.41) is 8.53. The van der Waals surface area contributed by atoms with E-state index in [9.17, 15) is 4.39 Å². The monoisotopic (exact) mass is 574 g/mol. The smallest absolute Gasteiger partial charge is 0.140 e. The van der Waals surface area contributed by atoms with Gasteiger partial charge in [0, 0.05) is 6.20 Å². The average molecular weight is 575 g/mol. The number of nitriles is 1. The summed E-state index contributed by atoms with van der Waals surface area (Å²) < 4.78 is 12.9. The van der Waals surface area contributed by atoms with Crippen molar-refractivity contribution in [2.75, 3.05) is 0 Å². The molecule has 0 spiro atoms. The number of aromatic nitrogens is 1. The number of halogens is 1. The molecule has 2 aromatic carbocycles. The molecular formula is C39H59FN2. The minimum absolute atomic E-state index is 0. The molecule has 1 saturated carbocycles. The Kier molecular flexibility index (Phi) is 18.6. The number of pyridine rings is 1. The Balaban J connectivity index is 0.000000533. The third-order valence-electron chi connectivity index (χ3n) is 7.47.